The lowest BCUT2D eigenvalue weighted by Gasteiger charge is -2.19. The van der Waals surface area contributed by atoms with E-state index in [0.717, 1.165) is 22.3 Å². The van der Waals surface area contributed by atoms with Crippen LogP contribution >= 0.6 is 0 Å². The lowest BCUT2D eigenvalue weighted by Crippen LogP contribution is -2.46. The van der Waals surface area contributed by atoms with Crippen molar-refractivity contribution < 1.29 is 24.2 Å². The Morgan fingerprint density at radius 3 is 2.37 bits per heavy atom. The summed E-state index contributed by atoms with van der Waals surface area (Å²) in [5, 5.41) is 21.7. The summed E-state index contributed by atoms with van der Waals surface area (Å²) >= 11 is 0. The molecule has 0 fully saturated rings. The van der Waals surface area contributed by atoms with E-state index in [9.17, 15) is 14.4 Å². The number of fused-ring (bicyclic) bond motifs is 3. The van der Waals surface area contributed by atoms with Crippen molar-refractivity contribution in [2.45, 2.75) is 44.8 Å². The highest BCUT2D eigenvalue weighted by Gasteiger charge is 2.29. The quantitative estimate of drug-likeness (QED) is 0.408. The van der Waals surface area contributed by atoms with E-state index in [0.29, 0.717) is 18.5 Å². The number of alkyl carbamates (subject to hydrolysis) is 1. The number of aromatic nitrogens is 3. The van der Waals surface area contributed by atoms with Gasteiger partial charge in [0.15, 0.2) is 0 Å². The van der Waals surface area contributed by atoms with Gasteiger partial charge in [0.2, 0.25) is 5.91 Å². The SMILES string of the molecule is CCCC(NC(=O)OCC1c2ccccc2-c2ccccc21)C(=O)NCc1cn(CC(=O)O)nn1. The van der Waals surface area contributed by atoms with E-state index >= 15 is 0 Å². The molecule has 1 aliphatic carbocycles. The van der Waals surface area contributed by atoms with Crippen molar-refractivity contribution in [1.29, 1.82) is 0 Å². The monoisotopic (exact) mass is 477 g/mol. The number of carboxylic acid groups (broad SMARTS) is 1. The largest absolute Gasteiger partial charge is 0.480 e. The average Bonchev–Trinajstić information content (AvgIpc) is 3.42. The molecule has 182 valence electrons. The van der Waals surface area contributed by atoms with Crippen LogP contribution in [0.4, 0.5) is 4.79 Å². The number of benzene rings is 2. The Morgan fingerprint density at radius 1 is 1.09 bits per heavy atom. The Hall–Kier alpha value is -4.21. The normalized spacial score (nSPS) is 12.9. The Labute approximate surface area is 202 Å². The molecule has 35 heavy (non-hydrogen) atoms. The molecule has 10 nitrogen and oxygen atoms in total. The van der Waals surface area contributed by atoms with E-state index in [1.807, 2.05) is 43.3 Å². The van der Waals surface area contributed by atoms with E-state index in [1.165, 1.54) is 10.9 Å². The number of carbonyl (C=O) groups excluding carboxylic acids is 2. The predicted octanol–water partition coefficient (Wildman–Crippen LogP) is 2.69. The predicted molar refractivity (Wildman–Crippen MR) is 126 cm³/mol. The summed E-state index contributed by atoms with van der Waals surface area (Å²) in [6.45, 7) is 1.82. The molecule has 0 saturated carbocycles. The van der Waals surface area contributed by atoms with Gasteiger partial charge in [0.1, 0.15) is 24.9 Å². The zero-order chi connectivity index (χ0) is 24.8. The van der Waals surface area contributed by atoms with Crippen LogP contribution in [0.25, 0.3) is 11.1 Å². The summed E-state index contributed by atoms with van der Waals surface area (Å²) in [6, 6.07) is 15.4. The van der Waals surface area contributed by atoms with Crippen molar-refractivity contribution in [2.75, 3.05) is 6.61 Å². The molecule has 3 aromatic rings. The number of hydrogen-bond acceptors (Lipinski definition) is 6. The van der Waals surface area contributed by atoms with Gasteiger partial charge in [-0.25, -0.2) is 9.48 Å². The van der Waals surface area contributed by atoms with Crippen LogP contribution in [0.15, 0.2) is 54.7 Å². The average molecular weight is 478 g/mol. The molecule has 0 bridgehead atoms. The van der Waals surface area contributed by atoms with Gasteiger partial charge < -0.3 is 20.5 Å². The molecule has 3 N–H and O–H groups in total. The van der Waals surface area contributed by atoms with Crippen molar-refractivity contribution in [3.05, 3.63) is 71.5 Å². The van der Waals surface area contributed by atoms with Crippen molar-refractivity contribution in [2.24, 2.45) is 0 Å². The van der Waals surface area contributed by atoms with Crippen LogP contribution in [0.5, 0.6) is 0 Å². The van der Waals surface area contributed by atoms with Gasteiger partial charge in [-0.1, -0.05) is 67.1 Å². The first-order valence-electron chi connectivity index (χ1n) is 11.5. The van der Waals surface area contributed by atoms with Crippen LogP contribution in [0, 0.1) is 0 Å². The van der Waals surface area contributed by atoms with Crippen LogP contribution in [0.2, 0.25) is 0 Å². The summed E-state index contributed by atoms with van der Waals surface area (Å²) in [6.07, 6.45) is 1.90. The summed E-state index contributed by atoms with van der Waals surface area (Å²) in [7, 11) is 0. The topological polar surface area (TPSA) is 135 Å². The molecule has 2 amide bonds. The molecule has 0 saturated heterocycles. The third-order valence-electron chi connectivity index (χ3n) is 5.86. The van der Waals surface area contributed by atoms with Crippen LogP contribution in [-0.4, -0.2) is 50.7 Å². The number of aliphatic carboxylic acids is 1. The fourth-order valence-electron chi connectivity index (χ4n) is 4.28. The molecule has 4 rings (SSSR count). The van der Waals surface area contributed by atoms with Crippen molar-refractivity contribution in [3.8, 4) is 11.1 Å². The van der Waals surface area contributed by atoms with E-state index in [1.54, 1.807) is 0 Å². The highest BCUT2D eigenvalue weighted by molar-refractivity contribution is 5.85. The molecule has 0 aliphatic heterocycles. The smallest absolute Gasteiger partial charge is 0.407 e. The van der Waals surface area contributed by atoms with Crippen molar-refractivity contribution in [1.82, 2.24) is 25.6 Å². The minimum absolute atomic E-state index is 0.0606. The number of carboxylic acids is 1. The van der Waals surface area contributed by atoms with Crippen LogP contribution < -0.4 is 10.6 Å². The summed E-state index contributed by atoms with van der Waals surface area (Å²) in [5.41, 5.74) is 4.91. The maximum Gasteiger partial charge on any atom is 0.407 e. The van der Waals surface area contributed by atoms with Crippen LogP contribution in [0.1, 0.15) is 42.5 Å². The molecule has 1 unspecified atom stereocenters. The first-order valence-corrected chi connectivity index (χ1v) is 11.5. The molecule has 0 spiro atoms. The van der Waals surface area contributed by atoms with E-state index in [-0.39, 0.29) is 31.5 Å². The Balaban J connectivity index is 1.33. The Morgan fingerprint density at radius 2 is 1.74 bits per heavy atom. The number of ether oxygens (including phenoxy) is 1. The Bertz CT molecular complexity index is 1180. The number of carbonyl (C=O) groups is 3. The van der Waals surface area contributed by atoms with Crippen LogP contribution in [0.3, 0.4) is 0 Å². The second kappa shape index (κ2) is 10.8. The minimum atomic E-state index is -1.04. The lowest BCUT2D eigenvalue weighted by molar-refractivity contribution is -0.138. The molecule has 1 atom stereocenters. The van der Waals surface area contributed by atoms with E-state index in [4.69, 9.17) is 9.84 Å². The summed E-state index contributed by atoms with van der Waals surface area (Å²) in [5.74, 6) is -1.49. The lowest BCUT2D eigenvalue weighted by atomic mass is 9.98. The number of amides is 2. The standard InChI is InChI=1S/C25H27N5O5/c1-2-7-22(24(33)26-12-16-13-30(29-28-16)14-23(31)32)27-25(34)35-15-21-19-10-5-3-8-17(19)18-9-4-6-11-20(18)21/h3-6,8-11,13,21-22H,2,7,12,14-15H2,1H3,(H,26,33)(H,27,34)(H,31,32). The van der Waals surface area contributed by atoms with Gasteiger partial charge >= 0.3 is 12.1 Å². The van der Waals surface area contributed by atoms with Gasteiger partial charge in [-0.2, -0.15) is 0 Å². The van der Waals surface area contributed by atoms with Gasteiger partial charge in [-0.3, -0.25) is 9.59 Å². The van der Waals surface area contributed by atoms with Crippen molar-refractivity contribution >= 4 is 18.0 Å². The third-order valence-corrected chi connectivity index (χ3v) is 5.86. The van der Waals surface area contributed by atoms with E-state index < -0.39 is 18.1 Å². The fraction of sp³-hybridized carbons (Fsp3) is 0.320. The first kappa shape index (κ1) is 23.9. The first-order chi connectivity index (χ1) is 17.0. The number of rotatable bonds is 10. The maximum absolute atomic E-state index is 12.7. The second-order valence-corrected chi connectivity index (χ2v) is 8.33. The molecule has 0 radical (unpaired) electrons. The van der Waals surface area contributed by atoms with Crippen molar-refractivity contribution in [3.63, 3.8) is 0 Å². The van der Waals surface area contributed by atoms with Gasteiger partial charge in [0.05, 0.1) is 12.7 Å². The molecule has 10 heteroatoms. The fourth-order valence-corrected chi connectivity index (χ4v) is 4.28. The molecular formula is C25H27N5O5. The highest BCUT2D eigenvalue weighted by atomic mass is 16.5. The number of nitrogens with zero attached hydrogens (tertiary/aromatic N) is 3. The van der Waals surface area contributed by atoms with Gasteiger partial charge in [0.25, 0.3) is 0 Å². The van der Waals surface area contributed by atoms with Gasteiger partial charge in [-0.15, -0.1) is 5.10 Å². The minimum Gasteiger partial charge on any atom is -0.480 e. The molecular weight excluding hydrogens is 450 g/mol. The molecule has 1 aliphatic rings. The summed E-state index contributed by atoms with van der Waals surface area (Å²) in [4.78, 5) is 36.0. The van der Waals surface area contributed by atoms with Gasteiger partial charge in [0, 0.05) is 5.92 Å². The Kier molecular flexibility index (Phi) is 7.39. The van der Waals surface area contributed by atoms with Gasteiger partial charge in [-0.05, 0) is 28.7 Å². The number of hydrogen-bond donors (Lipinski definition) is 3. The third kappa shape index (κ3) is 5.65. The second-order valence-electron chi connectivity index (χ2n) is 8.33. The molecule has 1 heterocycles. The summed E-state index contributed by atoms with van der Waals surface area (Å²) < 4.78 is 6.73. The van der Waals surface area contributed by atoms with Crippen LogP contribution in [-0.2, 0) is 27.4 Å². The zero-order valence-corrected chi connectivity index (χ0v) is 19.3. The highest BCUT2D eigenvalue weighted by Crippen LogP contribution is 2.44. The molecule has 1 aromatic heterocycles. The zero-order valence-electron chi connectivity index (χ0n) is 19.3. The molecule has 2 aromatic carbocycles. The maximum atomic E-state index is 12.7. The number of nitrogens with one attached hydrogen (secondary N) is 2. The van der Waals surface area contributed by atoms with E-state index in [2.05, 4.69) is 33.1 Å².